The number of hydrogen-bond acceptors (Lipinski definition) is 7. The van der Waals surface area contributed by atoms with Crippen molar-refractivity contribution in [2.24, 2.45) is 5.92 Å². The number of ether oxygens (including phenoxy) is 1. The van der Waals surface area contributed by atoms with Gasteiger partial charge in [-0.3, -0.25) is 14.9 Å². The molecule has 1 aliphatic rings. The maximum atomic E-state index is 13.5. The highest BCUT2D eigenvalue weighted by atomic mass is 19.4. The number of phenolic OH excluding ortho intramolecular Hbond substituents is 1. The van der Waals surface area contributed by atoms with Gasteiger partial charge in [0.15, 0.2) is 0 Å². The molecule has 0 unspecified atom stereocenters. The van der Waals surface area contributed by atoms with Crippen molar-refractivity contribution < 1.29 is 42.6 Å². The second kappa shape index (κ2) is 6.90. The predicted octanol–water partition coefficient (Wildman–Crippen LogP) is 1.08. The smallest absolute Gasteiger partial charge is 0.437 e. The molecule has 1 fully saturated rings. The zero-order valence-electron chi connectivity index (χ0n) is 13.6. The number of carbonyl (C=O) groups is 2. The summed E-state index contributed by atoms with van der Waals surface area (Å²) in [5.41, 5.74) is -5.22. The molecule has 1 aromatic carbocycles. The highest BCUT2D eigenvalue weighted by Crippen LogP contribution is 2.45. The molecule has 0 spiro atoms. The average Bonchev–Trinajstić information content (AvgIpc) is 2.53. The fraction of sp³-hybridized carbons (Fsp3) is 0.429. The van der Waals surface area contributed by atoms with Crippen molar-refractivity contribution in [2.45, 2.75) is 24.9 Å². The van der Waals surface area contributed by atoms with Crippen LogP contribution in [0.25, 0.3) is 0 Å². The van der Waals surface area contributed by atoms with Crippen LogP contribution < -0.4 is 10.6 Å². The lowest BCUT2D eigenvalue weighted by Gasteiger charge is -2.44. The Hall–Kier alpha value is -3.09. The zero-order chi connectivity index (χ0) is 20.6. The fourth-order valence-electron chi connectivity index (χ4n) is 2.70. The van der Waals surface area contributed by atoms with Crippen molar-refractivity contribution in [3.8, 4) is 5.75 Å². The summed E-state index contributed by atoms with van der Waals surface area (Å²) < 4.78 is 45.0. The molecule has 1 saturated heterocycles. The highest BCUT2D eigenvalue weighted by Gasteiger charge is 2.67. The molecule has 27 heavy (non-hydrogen) atoms. The molecule has 0 saturated carbocycles. The lowest BCUT2D eigenvalue weighted by Crippen LogP contribution is -2.73. The summed E-state index contributed by atoms with van der Waals surface area (Å²) in [6, 6.07) is -1.10. The van der Waals surface area contributed by atoms with Crippen LogP contribution in [0.4, 0.5) is 23.7 Å². The van der Waals surface area contributed by atoms with E-state index in [1.807, 2.05) is 5.32 Å². The van der Waals surface area contributed by atoms with Gasteiger partial charge in [0.25, 0.3) is 11.4 Å². The lowest BCUT2D eigenvalue weighted by atomic mass is 9.81. The van der Waals surface area contributed by atoms with E-state index in [1.165, 1.54) is 12.2 Å². The first kappa shape index (κ1) is 20.2. The Morgan fingerprint density at radius 2 is 2.07 bits per heavy atom. The third kappa shape index (κ3) is 3.58. The van der Waals surface area contributed by atoms with Gasteiger partial charge in [-0.1, -0.05) is 0 Å². The number of aliphatic hydroxyl groups is 1. The summed E-state index contributed by atoms with van der Waals surface area (Å²) in [6.07, 6.45) is -5.50. The number of halogens is 3. The summed E-state index contributed by atoms with van der Waals surface area (Å²) in [7, 11) is 0. The number of nitro groups is 1. The van der Waals surface area contributed by atoms with Crippen molar-refractivity contribution in [2.75, 3.05) is 6.61 Å². The van der Waals surface area contributed by atoms with Crippen LogP contribution in [0, 0.1) is 16.0 Å². The molecule has 0 aromatic heterocycles. The van der Waals surface area contributed by atoms with E-state index in [9.17, 15) is 43.1 Å². The second-order valence-corrected chi connectivity index (χ2v) is 5.57. The number of phenols is 1. The van der Waals surface area contributed by atoms with E-state index in [4.69, 9.17) is 0 Å². The van der Waals surface area contributed by atoms with Crippen LogP contribution >= 0.6 is 0 Å². The van der Waals surface area contributed by atoms with E-state index < -0.39 is 57.8 Å². The molecule has 1 heterocycles. The van der Waals surface area contributed by atoms with Gasteiger partial charge >= 0.3 is 18.2 Å². The molecule has 3 atom stereocenters. The van der Waals surface area contributed by atoms with Crippen LogP contribution in [0.3, 0.4) is 0 Å². The zero-order valence-corrected chi connectivity index (χ0v) is 13.6. The van der Waals surface area contributed by atoms with Crippen molar-refractivity contribution in [3.63, 3.8) is 0 Å². The van der Waals surface area contributed by atoms with E-state index in [0.717, 1.165) is 12.1 Å². The monoisotopic (exact) mass is 393 g/mol. The minimum atomic E-state index is -5.50. The van der Waals surface area contributed by atoms with Crippen LogP contribution in [0.15, 0.2) is 18.2 Å². The van der Waals surface area contributed by atoms with E-state index in [2.05, 4.69) is 4.74 Å². The van der Waals surface area contributed by atoms with Gasteiger partial charge in [0.2, 0.25) is 0 Å². The molecule has 1 aromatic rings. The molecule has 1 aliphatic heterocycles. The third-order valence-electron chi connectivity index (χ3n) is 3.90. The molecule has 0 aliphatic carbocycles. The van der Waals surface area contributed by atoms with Crippen molar-refractivity contribution in [1.82, 2.24) is 10.6 Å². The van der Waals surface area contributed by atoms with Gasteiger partial charge in [0.1, 0.15) is 11.7 Å². The van der Waals surface area contributed by atoms with E-state index in [1.54, 1.807) is 0 Å². The van der Waals surface area contributed by atoms with Crippen LogP contribution in [-0.4, -0.2) is 45.6 Å². The first-order chi connectivity index (χ1) is 12.4. The summed E-state index contributed by atoms with van der Waals surface area (Å²) in [5.74, 6) is -4.77. The number of urea groups is 1. The third-order valence-corrected chi connectivity index (χ3v) is 3.90. The number of alkyl halides is 3. The number of non-ortho nitro benzene ring substituents is 1. The number of amides is 2. The first-order valence-corrected chi connectivity index (χ1v) is 7.44. The topological polar surface area (TPSA) is 151 Å². The van der Waals surface area contributed by atoms with Crippen molar-refractivity contribution in [1.29, 1.82) is 0 Å². The first-order valence-electron chi connectivity index (χ1n) is 7.44. The Kier molecular flexibility index (Phi) is 5.17. The minimum absolute atomic E-state index is 0.342. The molecule has 0 radical (unpaired) electrons. The maximum absolute atomic E-state index is 13.5. The number of nitrogens with zero attached hydrogens (tertiary/aromatic N) is 1. The number of rotatable bonds is 4. The Balaban J connectivity index is 2.68. The number of carbonyl (C=O) groups excluding carboxylic acids is 2. The molecule has 148 valence electrons. The molecule has 4 N–H and O–H groups in total. The van der Waals surface area contributed by atoms with E-state index in [-0.39, 0.29) is 6.61 Å². The molecule has 2 amide bonds. The molecular formula is C14H14F3N3O7. The number of hydrogen-bond donors (Lipinski definition) is 4. The Morgan fingerprint density at radius 1 is 1.44 bits per heavy atom. The van der Waals surface area contributed by atoms with Gasteiger partial charge in [-0.2, -0.15) is 13.2 Å². The normalized spacial score (nSPS) is 25.3. The van der Waals surface area contributed by atoms with Crippen LogP contribution in [0.5, 0.6) is 5.75 Å². The quantitative estimate of drug-likeness (QED) is 0.339. The standard InChI is InChI=1S/C14H14F3N3O7/c1-2-27-11(22)9-10(7-5-6(20(25)26)3-4-8(7)21)18-12(23)19-13(9,24)14(15,16)17/h3-5,9-10,21,24H,2H2,1H3,(H2,18,19,23)/t9-,10+,13-/m1/s1. The van der Waals surface area contributed by atoms with Crippen LogP contribution in [0.1, 0.15) is 18.5 Å². The Labute approximate surface area is 149 Å². The van der Waals surface area contributed by atoms with Gasteiger partial charge in [-0.05, 0) is 13.0 Å². The second-order valence-electron chi connectivity index (χ2n) is 5.57. The van der Waals surface area contributed by atoms with Gasteiger partial charge in [-0.25, -0.2) is 4.79 Å². The molecule has 2 rings (SSSR count). The largest absolute Gasteiger partial charge is 0.508 e. The summed E-state index contributed by atoms with van der Waals surface area (Å²) in [6.45, 7) is 0.962. The van der Waals surface area contributed by atoms with Crippen LogP contribution in [-0.2, 0) is 9.53 Å². The van der Waals surface area contributed by atoms with Gasteiger partial charge < -0.3 is 25.6 Å². The molecule has 13 heteroatoms. The SMILES string of the molecule is CCOC(=O)[C@H]1[C@H](c2cc([N+](=O)[O-])ccc2O)NC(=O)N[C@]1(O)C(F)(F)F. The summed E-state index contributed by atoms with van der Waals surface area (Å²) in [5, 5.41) is 34.2. The van der Waals surface area contributed by atoms with E-state index >= 15 is 0 Å². The number of esters is 1. The molecular weight excluding hydrogens is 379 g/mol. The van der Waals surface area contributed by atoms with Gasteiger partial charge in [0, 0.05) is 17.7 Å². The van der Waals surface area contributed by atoms with Crippen molar-refractivity contribution in [3.05, 3.63) is 33.9 Å². The average molecular weight is 393 g/mol. The van der Waals surface area contributed by atoms with Crippen LogP contribution in [0.2, 0.25) is 0 Å². The highest BCUT2D eigenvalue weighted by molar-refractivity contribution is 5.83. The molecule has 0 bridgehead atoms. The van der Waals surface area contributed by atoms with Gasteiger partial charge in [-0.15, -0.1) is 0 Å². The minimum Gasteiger partial charge on any atom is -0.508 e. The van der Waals surface area contributed by atoms with Gasteiger partial charge in [0.05, 0.1) is 17.6 Å². The number of aromatic hydroxyl groups is 1. The summed E-state index contributed by atoms with van der Waals surface area (Å²) in [4.78, 5) is 33.9. The Morgan fingerprint density at radius 3 is 2.59 bits per heavy atom. The summed E-state index contributed by atoms with van der Waals surface area (Å²) >= 11 is 0. The lowest BCUT2D eigenvalue weighted by molar-refractivity contribution is -0.385. The predicted molar refractivity (Wildman–Crippen MR) is 80.3 cm³/mol. The van der Waals surface area contributed by atoms with E-state index in [0.29, 0.717) is 6.07 Å². The molecule has 10 nitrogen and oxygen atoms in total. The fourth-order valence-corrected chi connectivity index (χ4v) is 2.70. The number of nitro benzene ring substituents is 1. The van der Waals surface area contributed by atoms with Crippen molar-refractivity contribution >= 4 is 17.7 Å². The maximum Gasteiger partial charge on any atom is 0.437 e. The Bertz CT molecular complexity index is 786. The number of benzene rings is 1. The number of nitrogens with one attached hydrogen (secondary N) is 2.